The number of halogens is 1. The normalized spacial score (nSPS) is 10.9. The highest BCUT2D eigenvalue weighted by molar-refractivity contribution is 7.15. The van der Waals surface area contributed by atoms with Crippen LogP contribution in [0.1, 0.15) is 16.2 Å². The second-order valence-corrected chi connectivity index (χ2v) is 3.80. The Morgan fingerprint density at radius 1 is 1.77 bits per heavy atom. The van der Waals surface area contributed by atoms with E-state index >= 15 is 0 Å². The minimum absolute atomic E-state index is 0.00444. The zero-order valence-corrected chi connectivity index (χ0v) is 8.52. The Morgan fingerprint density at radius 2 is 2.54 bits per heavy atom. The van der Waals surface area contributed by atoms with Gasteiger partial charge in [-0.15, -0.1) is 22.9 Å². The molecule has 2 rings (SSSR count). The van der Waals surface area contributed by atoms with Crippen molar-refractivity contribution in [3.8, 4) is 0 Å². The number of nitrogens with zero attached hydrogens (tertiary/aromatic N) is 2. The zero-order chi connectivity index (χ0) is 9.42. The fraction of sp³-hybridized carbons (Fsp3) is 0.250. The number of aryl methyl sites for hydroxylation is 1. The van der Waals surface area contributed by atoms with E-state index in [9.17, 15) is 4.79 Å². The van der Waals surface area contributed by atoms with Crippen LogP contribution < -0.4 is 0 Å². The predicted octanol–water partition coefficient (Wildman–Crippen LogP) is 2.13. The quantitative estimate of drug-likeness (QED) is 0.567. The largest absolute Gasteiger partial charge is 0.291 e. The molecule has 0 bridgehead atoms. The third-order valence-electron chi connectivity index (χ3n) is 1.82. The van der Waals surface area contributed by atoms with Gasteiger partial charge in [-0.1, -0.05) is 0 Å². The van der Waals surface area contributed by atoms with Crippen LogP contribution in [0.2, 0.25) is 0 Å². The molecule has 0 unspecified atom stereocenters. The van der Waals surface area contributed by atoms with Crippen molar-refractivity contribution >= 4 is 33.7 Å². The molecule has 0 amide bonds. The first kappa shape index (κ1) is 8.72. The van der Waals surface area contributed by atoms with Crippen LogP contribution in [0.15, 0.2) is 11.6 Å². The average Bonchev–Trinajstić information content (AvgIpc) is 2.62. The Kier molecular flexibility index (Phi) is 2.09. The van der Waals surface area contributed by atoms with Gasteiger partial charge < -0.3 is 0 Å². The van der Waals surface area contributed by atoms with Gasteiger partial charge in [0.2, 0.25) is 0 Å². The van der Waals surface area contributed by atoms with E-state index in [0.29, 0.717) is 5.69 Å². The predicted molar refractivity (Wildman–Crippen MR) is 52.9 cm³/mol. The van der Waals surface area contributed by atoms with Crippen LogP contribution in [0, 0.1) is 6.92 Å². The van der Waals surface area contributed by atoms with E-state index in [1.165, 1.54) is 11.3 Å². The van der Waals surface area contributed by atoms with Crippen LogP contribution in [-0.4, -0.2) is 21.0 Å². The second kappa shape index (κ2) is 3.12. The number of rotatable bonds is 2. The lowest BCUT2D eigenvalue weighted by Gasteiger charge is -1.94. The Hall–Kier alpha value is -0.870. The number of hydrogen-bond donors (Lipinski definition) is 0. The standard InChI is InChI=1S/C8H7ClN2OS/c1-5-7(6(12)4-9)11-2-3-13-8(11)10-5/h2-3H,4H2,1H3. The number of fused-ring (bicyclic) bond motifs is 1. The van der Waals surface area contributed by atoms with Crippen LogP contribution in [0.25, 0.3) is 4.96 Å². The van der Waals surface area contributed by atoms with E-state index in [1.54, 1.807) is 4.40 Å². The number of ketones is 1. The van der Waals surface area contributed by atoms with Crippen molar-refractivity contribution in [2.75, 3.05) is 5.88 Å². The molecule has 0 saturated carbocycles. The second-order valence-electron chi connectivity index (χ2n) is 2.66. The average molecular weight is 215 g/mol. The molecule has 2 aromatic rings. The van der Waals surface area contributed by atoms with E-state index in [1.807, 2.05) is 18.5 Å². The Balaban J connectivity index is 2.70. The van der Waals surface area contributed by atoms with Gasteiger partial charge in [-0.3, -0.25) is 9.20 Å². The molecule has 0 atom stereocenters. The molecule has 2 aromatic heterocycles. The molecule has 5 heteroatoms. The number of alkyl halides is 1. The lowest BCUT2D eigenvalue weighted by molar-refractivity contribution is 0.101. The summed E-state index contributed by atoms with van der Waals surface area (Å²) in [5.74, 6) is -0.0742. The van der Waals surface area contributed by atoms with Gasteiger partial charge in [0.25, 0.3) is 0 Å². The van der Waals surface area contributed by atoms with Gasteiger partial charge in [0, 0.05) is 11.6 Å². The fourth-order valence-electron chi connectivity index (χ4n) is 1.29. The van der Waals surface area contributed by atoms with Gasteiger partial charge in [-0.25, -0.2) is 4.98 Å². The van der Waals surface area contributed by atoms with Crippen LogP contribution in [0.3, 0.4) is 0 Å². The van der Waals surface area contributed by atoms with Crippen molar-refractivity contribution in [3.63, 3.8) is 0 Å². The maximum Gasteiger partial charge on any atom is 0.196 e. The first-order valence-corrected chi connectivity index (χ1v) is 5.16. The summed E-state index contributed by atoms with van der Waals surface area (Å²) in [7, 11) is 0. The van der Waals surface area contributed by atoms with Gasteiger partial charge in [-0.05, 0) is 6.92 Å². The number of hydrogen-bond acceptors (Lipinski definition) is 3. The molecule has 0 spiro atoms. The number of carbonyl (C=O) groups is 1. The lowest BCUT2D eigenvalue weighted by atomic mass is 10.2. The molecule has 0 aliphatic heterocycles. The summed E-state index contributed by atoms with van der Waals surface area (Å²) in [5, 5.41) is 1.90. The molecule has 0 saturated heterocycles. The van der Waals surface area contributed by atoms with Crippen molar-refractivity contribution in [2.24, 2.45) is 0 Å². The summed E-state index contributed by atoms with van der Waals surface area (Å²) in [5.41, 5.74) is 1.35. The van der Waals surface area contributed by atoms with Gasteiger partial charge >= 0.3 is 0 Å². The maximum atomic E-state index is 11.4. The van der Waals surface area contributed by atoms with E-state index in [4.69, 9.17) is 11.6 Å². The molecule has 0 radical (unpaired) electrons. The van der Waals surface area contributed by atoms with Gasteiger partial charge in [-0.2, -0.15) is 0 Å². The first-order chi connectivity index (χ1) is 6.24. The summed E-state index contributed by atoms with van der Waals surface area (Å²) in [6.45, 7) is 1.82. The molecule has 13 heavy (non-hydrogen) atoms. The minimum Gasteiger partial charge on any atom is -0.291 e. The maximum absolute atomic E-state index is 11.4. The van der Waals surface area contributed by atoms with Crippen molar-refractivity contribution in [1.29, 1.82) is 0 Å². The Bertz CT molecular complexity index is 460. The summed E-state index contributed by atoms with van der Waals surface area (Å²) in [6, 6.07) is 0. The first-order valence-electron chi connectivity index (χ1n) is 3.75. The molecule has 0 N–H and O–H groups in total. The molecule has 0 aliphatic carbocycles. The van der Waals surface area contributed by atoms with Gasteiger partial charge in [0.15, 0.2) is 10.7 Å². The summed E-state index contributed by atoms with van der Waals surface area (Å²) in [4.78, 5) is 16.5. The highest BCUT2D eigenvalue weighted by Crippen LogP contribution is 2.17. The van der Waals surface area contributed by atoms with Gasteiger partial charge in [0.05, 0.1) is 11.6 Å². The Labute approximate surface area is 84.0 Å². The number of carbonyl (C=O) groups excluding carboxylic acids is 1. The van der Waals surface area contributed by atoms with Crippen LogP contribution in [0.5, 0.6) is 0 Å². The van der Waals surface area contributed by atoms with E-state index in [-0.39, 0.29) is 11.7 Å². The number of thiazole rings is 1. The molecule has 0 fully saturated rings. The SMILES string of the molecule is Cc1nc2sccn2c1C(=O)CCl. The van der Waals surface area contributed by atoms with Crippen molar-refractivity contribution in [1.82, 2.24) is 9.38 Å². The van der Waals surface area contributed by atoms with Crippen molar-refractivity contribution in [2.45, 2.75) is 6.92 Å². The van der Waals surface area contributed by atoms with E-state index < -0.39 is 0 Å². The fourth-order valence-corrected chi connectivity index (χ4v) is 2.18. The smallest absolute Gasteiger partial charge is 0.196 e. The molecule has 68 valence electrons. The highest BCUT2D eigenvalue weighted by Gasteiger charge is 2.15. The monoisotopic (exact) mass is 214 g/mol. The van der Waals surface area contributed by atoms with Crippen LogP contribution in [-0.2, 0) is 0 Å². The van der Waals surface area contributed by atoms with Gasteiger partial charge in [0.1, 0.15) is 5.69 Å². The van der Waals surface area contributed by atoms with Crippen molar-refractivity contribution < 1.29 is 4.79 Å². The third kappa shape index (κ3) is 1.26. The van der Waals surface area contributed by atoms with E-state index in [0.717, 1.165) is 10.7 Å². The topological polar surface area (TPSA) is 34.4 Å². The Morgan fingerprint density at radius 3 is 3.23 bits per heavy atom. The third-order valence-corrected chi connectivity index (χ3v) is 2.82. The number of Topliss-reactive ketones (excluding diaryl/α,β-unsaturated/α-hetero) is 1. The molecular formula is C8H7ClN2OS. The zero-order valence-electron chi connectivity index (χ0n) is 6.95. The number of aromatic nitrogens is 2. The molecule has 2 heterocycles. The molecule has 0 aromatic carbocycles. The van der Waals surface area contributed by atoms with E-state index in [2.05, 4.69) is 4.98 Å². The summed E-state index contributed by atoms with van der Waals surface area (Å²) in [6.07, 6.45) is 1.83. The highest BCUT2D eigenvalue weighted by atomic mass is 35.5. The molecular weight excluding hydrogens is 208 g/mol. The molecule has 0 aliphatic rings. The van der Waals surface area contributed by atoms with Crippen LogP contribution in [0.4, 0.5) is 0 Å². The lowest BCUT2D eigenvalue weighted by Crippen LogP contribution is -2.05. The summed E-state index contributed by atoms with van der Waals surface area (Å²) < 4.78 is 1.78. The minimum atomic E-state index is -0.0786. The summed E-state index contributed by atoms with van der Waals surface area (Å²) >= 11 is 7.00. The van der Waals surface area contributed by atoms with Crippen LogP contribution >= 0.6 is 22.9 Å². The van der Waals surface area contributed by atoms with Crippen molar-refractivity contribution in [3.05, 3.63) is 23.0 Å². The molecule has 3 nitrogen and oxygen atoms in total. The number of imidazole rings is 1.